The average molecular weight is 292 g/mol. The molecule has 1 unspecified atom stereocenters. The van der Waals surface area contributed by atoms with Crippen molar-refractivity contribution in [3.8, 4) is 0 Å². The van der Waals surface area contributed by atoms with Crippen LogP contribution >= 0.6 is 0 Å². The Balaban J connectivity index is 1.88. The van der Waals surface area contributed by atoms with Gasteiger partial charge in [0.15, 0.2) is 0 Å². The SMILES string of the molecule is CCCN1CCC(NC(Cn2ccnc2)C(C)(C)C)CC1. The number of piperidine rings is 1. The highest BCUT2D eigenvalue weighted by molar-refractivity contribution is 4.88. The number of aromatic nitrogens is 2. The van der Waals surface area contributed by atoms with Gasteiger partial charge in [0.1, 0.15) is 0 Å². The second-order valence-electron chi connectivity index (χ2n) is 7.46. The van der Waals surface area contributed by atoms with Crippen molar-refractivity contribution in [3.05, 3.63) is 18.7 Å². The van der Waals surface area contributed by atoms with Gasteiger partial charge in [-0.15, -0.1) is 0 Å². The molecule has 0 amide bonds. The summed E-state index contributed by atoms with van der Waals surface area (Å²) >= 11 is 0. The van der Waals surface area contributed by atoms with Crippen molar-refractivity contribution in [2.45, 2.75) is 65.6 Å². The molecule has 1 fully saturated rings. The van der Waals surface area contributed by atoms with E-state index in [9.17, 15) is 0 Å². The molecule has 0 spiro atoms. The number of likely N-dealkylation sites (tertiary alicyclic amines) is 1. The van der Waals surface area contributed by atoms with Crippen molar-refractivity contribution in [1.82, 2.24) is 19.8 Å². The van der Waals surface area contributed by atoms with E-state index in [2.05, 4.69) is 53.7 Å². The number of nitrogens with one attached hydrogen (secondary N) is 1. The molecular formula is C17H32N4. The lowest BCUT2D eigenvalue weighted by Crippen LogP contribution is -2.51. The predicted octanol–water partition coefficient (Wildman–Crippen LogP) is 2.76. The lowest BCUT2D eigenvalue weighted by Gasteiger charge is -2.39. The minimum Gasteiger partial charge on any atom is -0.336 e. The van der Waals surface area contributed by atoms with Gasteiger partial charge in [-0.3, -0.25) is 0 Å². The lowest BCUT2D eigenvalue weighted by molar-refractivity contribution is 0.158. The number of nitrogens with zero attached hydrogens (tertiary/aromatic N) is 3. The molecule has 120 valence electrons. The first kappa shape index (κ1) is 16.5. The summed E-state index contributed by atoms with van der Waals surface area (Å²) in [7, 11) is 0. The molecule has 1 aliphatic heterocycles. The number of hydrogen-bond acceptors (Lipinski definition) is 3. The molecule has 1 N–H and O–H groups in total. The molecule has 1 saturated heterocycles. The van der Waals surface area contributed by atoms with Gasteiger partial charge >= 0.3 is 0 Å². The van der Waals surface area contributed by atoms with Gasteiger partial charge in [0, 0.05) is 31.0 Å². The maximum atomic E-state index is 4.16. The van der Waals surface area contributed by atoms with Crippen LogP contribution in [0.25, 0.3) is 0 Å². The van der Waals surface area contributed by atoms with Gasteiger partial charge in [0.2, 0.25) is 0 Å². The Labute approximate surface area is 129 Å². The molecule has 1 atom stereocenters. The van der Waals surface area contributed by atoms with Gasteiger partial charge in [0.25, 0.3) is 0 Å². The third-order valence-corrected chi connectivity index (χ3v) is 4.56. The van der Waals surface area contributed by atoms with Crippen molar-refractivity contribution >= 4 is 0 Å². The van der Waals surface area contributed by atoms with Gasteiger partial charge in [-0.25, -0.2) is 4.98 Å². The van der Waals surface area contributed by atoms with Gasteiger partial charge in [-0.2, -0.15) is 0 Å². The lowest BCUT2D eigenvalue weighted by atomic mass is 9.85. The van der Waals surface area contributed by atoms with Crippen molar-refractivity contribution in [1.29, 1.82) is 0 Å². The monoisotopic (exact) mass is 292 g/mol. The van der Waals surface area contributed by atoms with E-state index in [1.807, 2.05) is 12.5 Å². The zero-order valence-electron chi connectivity index (χ0n) is 14.2. The largest absolute Gasteiger partial charge is 0.336 e. The van der Waals surface area contributed by atoms with E-state index in [0.717, 1.165) is 6.54 Å². The van der Waals surface area contributed by atoms with Crippen LogP contribution in [-0.4, -0.2) is 46.2 Å². The van der Waals surface area contributed by atoms with Crippen molar-refractivity contribution in [2.75, 3.05) is 19.6 Å². The molecule has 1 aromatic heterocycles. The fourth-order valence-electron chi connectivity index (χ4n) is 3.11. The van der Waals surface area contributed by atoms with Gasteiger partial charge in [0.05, 0.1) is 6.33 Å². The molecule has 4 heteroatoms. The van der Waals surface area contributed by atoms with E-state index >= 15 is 0 Å². The zero-order valence-corrected chi connectivity index (χ0v) is 14.2. The van der Waals surface area contributed by atoms with Gasteiger partial charge in [-0.1, -0.05) is 27.7 Å². The van der Waals surface area contributed by atoms with Crippen LogP contribution in [0.4, 0.5) is 0 Å². The fraction of sp³-hybridized carbons (Fsp3) is 0.824. The van der Waals surface area contributed by atoms with Crippen LogP contribution in [0.2, 0.25) is 0 Å². The summed E-state index contributed by atoms with van der Waals surface area (Å²) < 4.78 is 2.19. The van der Waals surface area contributed by atoms with E-state index in [4.69, 9.17) is 0 Å². The molecule has 2 heterocycles. The quantitative estimate of drug-likeness (QED) is 0.875. The average Bonchev–Trinajstić information content (AvgIpc) is 2.92. The molecule has 0 aromatic carbocycles. The maximum Gasteiger partial charge on any atom is 0.0946 e. The van der Waals surface area contributed by atoms with Crippen molar-refractivity contribution in [2.24, 2.45) is 5.41 Å². The summed E-state index contributed by atoms with van der Waals surface area (Å²) in [4.78, 5) is 6.76. The van der Waals surface area contributed by atoms with E-state index in [1.54, 1.807) is 0 Å². The van der Waals surface area contributed by atoms with Crippen LogP contribution in [0.1, 0.15) is 47.0 Å². The first-order valence-corrected chi connectivity index (χ1v) is 8.43. The third-order valence-electron chi connectivity index (χ3n) is 4.56. The van der Waals surface area contributed by atoms with Crippen LogP contribution in [0.3, 0.4) is 0 Å². The van der Waals surface area contributed by atoms with E-state index < -0.39 is 0 Å². The summed E-state index contributed by atoms with van der Waals surface area (Å²) in [6, 6.07) is 1.14. The van der Waals surface area contributed by atoms with Crippen LogP contribution < -0.4 is 5.32 Å². The number of rotatable bonds is 6. The van der Waals surface area contributed by atoms with Gasteiger partial charge < -0.3 is 14.8 Å². The predicted molar refractivity (Wildman–Crippen MR) is 88.4 cm³/mol. The Bertz CT molecular complexity index is 385. The van der Waals surface area contributed by atoms with Crippen LogP contribution in [-0.2, 0) is 6.54 Å². The normalized spacial score (nSPS) is 19.8. The summed E-state index contributed by atoms with van der Waals surface area (Å²) in [5.41, 5.74) is 0.255. The zero-order chi connectivity index (χ0) is 15.3. The molecule has 4 nitrogen and oxygen atoms in total. The van der Waals surface area contributed by atoms with Crippen LogP contribution in [0, 0.1) is 5.41 Å². The van der Waals surface area contributed by atoms with Crippen LogP contribution in [0.5, 0.6) is 0 Å². The summed E-state index contributed by atoms with van der Waals surface area (Å²) in [5, 5.41) is 3.92. The molecule has 1 aromatic rings. The highest BCUT2D eigenvalue weighted by Gasteiger charge is 2.28. The Morgan fingerprint density at radius 3 is 2.52 bits per heavy atom. The van der Waals surface area contributed by atoms with E-state index in [-0.39, 0.29) is 5.41 Å². The molecule has 1 aliphatic rings. The second kappa shape index (κ2) is 7.41. The first-order valence-electron chi connectivity index (χ1n) is 8.43. The van der Waals surface area contributed by atoms with E-state index in [1.165, 1.54) is 38.9 Å². The summed E-state index contributed by atoms with van der Waals surface area (Å²) in [5.74, 6) is 0. The fourth-order valence-corrected chi connectivity index (χ4v) is 3.11. The molecule has 0 bridgehead atoms. The number of imidazole rings is 1. The minimum atomic E-state index is 0.255. The Morgan fingerprint density at radius 1 is 1.29 bits per heavy atom. The molecule has 0 radical (unpaired) electrons. The van der Waals surface area contributed by atoms with Crippen molar-refractivity contribution in [3.63, 3.8) is 0 Å². The Kier molecular flexibility index (Phi) is 5.82. The summed E-state index contributed by atoms with van der Waals surface area (Å²) in [6.07, 6.45) is 9.66. The molecule has 2 rings (SSSR count). The molecular weight excluding hydrogens is 260 g/mol. The highest BCUT2D eigenvalue weighted by Crippen LogP contribution is 2.23. The first-order chi connectivity index (χ1) is 9.99. The van der Waals surface area contributed by atoms with Gasteiger partial charge in [-0.05, 0) is 44.3 Å². The second-order valence-corrected chi connectivity index (χ2v) is 7.46. The molecule has 0 aliphatic carbocycles. The summed E-state index contributed by atoms with van der Waals surface area (Å²) in [6.45, 7) is 14.0. The topological polar surface area (TPSA) is 33.1 Å². The number of hydrogen-bond donors (Lipinski definition) is 1. The van der Waals surface area contributed by atoms with E-state index in [0.29, 0.717) is 12.1 Å². The molecule has 21 heavy (non-hydrogen) atoms. The standard InChI is InChI=1S/C17H32N4/c1-5-9-20-10-6-15(7-11-20)19-16(17(2,3)4)13-21-12-8-18-14-21/h8,12,14-16,19H,5-7,9-11,13H2,1-4H3. The van der Waals surface area contributed by atoms with Crippen molar-refractivity contribution < 1.29 is 0 Å². The maximum absolute atomic E-state index is 4.16. The Hall–Kier alpha value is -0.870. The third kappa shape index (κ3) is 5.11. The highest BCUT2D eigenvalue weighted by atomic mass is 15.1. The smallest absolute Gasteiger partial charge is 0.0946 e. The minimum absolute atomic E-state index is 0.255. The van der Waals surface area contributed by atoms with Crippen LogP contribution in [0.15, 0.2) is 18.7 Å². The Morgan fingerprint density at radius 2 is 2.00 bits per heavy atom. The molecule has 0 saturated carbocycles.